The van der Waals surface area contributed by atoms with Gasteiger partial charge in [0.25, 0.3) is 0 Å². The molecule has 0 spiro atoms. The van der Waals surface area contributed by atoms with Crippen molar-refractivity contribution >= 4 is 18.2 Å². The van der Waals surface area contributed by atoms with E-state index in [1.165, 1.54) is 0 Å². The van der Waals surface area contributed by atoms with Gasteiger partial charge < -0.3 is 19.1 Å². The minimum absolute atomic E-state index is 0.169. The third-order valence-corrected chi connectivity index (χ3v) is 5.36. The number of methoxy groups -OCH3 is 2. The van der Waals surface area contributed by atoms with Crippen LogP contribution in [0.3, 0.4) is 0 Å². The largest absolute Gasteiger partial charge is 0.493 e. The van der Waals surface area contributed by atoms with E-state index in [9.17, 15) is 9.59 Å². The highest BCUT2D eigenvalue weighted by Crippen LogP contribution is 2.46. The van der Waals surface area contributed by atoms with Gasteiger partial charge in [-0.2, -0.15) is 0 Å². The standard InChI is InChI=1S/C23H28N2O5/c1-5-30-23(27)25-16(2)11-19(24(15-26)14-17-9-7-6-8-10-17)18-12-21(28-3)22(29-4)13-20(18)25/h6-10,12-13,15-16,19H,5,11,14H2,1-4H3/t16-,19+/m0/s1. The van der Waals surface area contributed by atoms with Crippen LogP contribution >= 0.6 is 0 Å². The molecule has 0 N–H and O–H groups in total. The van der Waals surface area contributed by atoms with Crippen molar-refractivity contribution in [3.63, 3.8) is 0 Å². The van der Waals surface area contributed by atoms with E-state index in [0.29, 0.717) is 30.2 Å². The molecule has 7 nitrogen and oxygen atoms in total. The zero-order chi connectivity index (χ0) is 21.7. The van der Waals surface area contributed by atoms with E-state index in [1.54, 1.807) is 37.0 Å². The lowest BCUT2D eigenvalue weighted by molar-refractivity contribution is -0.121. The quantitative estimate of drug-likeness (QED) is 0.639. The molecule has 0 bridgehead atoms. The molecule has 1 aliphatic heterocycles. The molecule has 7 heteroatoms. The maximum absolute atomic E-state index is 12.7. The summed E-state index contributed by atoms with van der Waals surface area (Å²) in [6.45, 7) is 4.48. The predicted molar refractivity (Wildman–Crippen MR) is 114 cm³/mol. The lowest BCUT2D eigenvalue weighted by Gasteiger charge is -2.42. The van der Waals surface area contributed by atoms with Crippen LogP contribution in [-0.4, -0.2) is 44.3 Å². The summed E-state index contributed by atoms with van der Waals surface area (Å²) < 4.78 is 16.2. The minimum Gasteiger partial charge on any atom is -0.493 e. The van der Waals surface area contributed by atoms with Crippen molar-refractivity contribution in [3.05, 3.63) is 53.6 Å². The Balaban J connectivity index is 2.08. The monoisotopic (exact) mass is 412 g/mol. The smallest absolute Gasteiger partial charge is 0.414 e. The SMILES string of the molecule is CCOC(=O)N1c2cc(OC)c(OC)cc2[C@H](N(C=O)Cc2ccccc2)C[C@@H]1C. The lowest BCUT2D eigenvalue weighted by Crippen LogP contribution is -2.46. The predicted octanol–water partition coefficient (Wildman–Crippen LogP) is 4.16. The van der Waals surface area contributed by atoms with E-state index in [-0.39, 0.29) is 18.7 Å². The van der Waals surface area contributed by atoms with Crippen molar-refractivity contribution < 1.29 is 23.8 Å². The van der Waals surface area contributed by atoms with Gasteiger partial charge in [0.05, 0.1) is 32.6 Å². The third-order valence-electron chi connectivity index (χ3n) is 5.36. The first-order chi connectivity index (χ1) is 14.5. The van der Waals surface area contributed by atoms with Crippen LogP contribution in [0.25, 0.3) is 0 Å². The van der Waals surface area contributed by atoms with Crippen LogP contribution in [0.4, 0.5) is 10.5 Å². The van der Waals surface area contributed by atoms with Crippen molar-refractivity contribution in [3.8, 4) is 11.5 Å². The number of carbonyl (C=O) groups excluding carboxylic acids is 2. The van der Waals surface area contributed by atoms with E-state index in [2.05, 4.69) is 0 Å². The number of nitrogens with zero attached hydrogens (tertiary/aromatic N) is 2. The van der Waals surface area contributed by atoms with Gasteiger partial charge in [0, 0.05) is 24.2 Å². The molecule has 0 aliphatic carbocycles. The van der Waals surface area contributed by atoms with E-state index in [1.807, 2.05) is 43.3 Å². The van der Waals surface area contributed by atoms with Crippen molar-refractivity contribution in [1.29, 1.82) is 0 Å². The molecule has 160 valence electrons. The maximum Gasteiger partial charge on any atom is 0.414 e. The molecule has 0 aromatic heterocycles. The van der Waals surface area contributed by atoms with Gasteiger partial charge in [-0.3, -0.25) is 9.69 Å². The van der Waals surface area contributed by atoms with Crippen LogP contribution in [0.1, 0.15) is 37.4 Å². The van der Waals surface area contributed by atoms with Crippen LogP contribution < -0.4 is 14.4 Å². The molecule has 2 amide bonds. The van der Waals surface area contributed by atoms with E-state index < -0.39 is 6.09 Å². The molecule has 0 unspecified atom stereocenters. The zero-order valence-electron chi connectivity index (χ0n) is 17.8. The Morgan fingerprint density at radius 2 is 1.83 bits per heavy atom. The molecule has 3 rings (SSSR count). The Morgan fingerprint density at radius 3 is 2.43 bits per heavy atom. The molecule has 2 aromatic rings. The lowest BCUT2D eigenvalue weighted by atomic mass is 9.90. The van der Waals surface area contributed by atoms with Gasteiger partial charge in [-0.1, -0.05) is 30.3 Å². The second-order valence-electron chi connectivity index (χ2n) is 7.20. The van der Waals surface area contributed by atoms with Gasteiger partial charge >= 0.3 is 6.09 Å². The summed E-state index contributed by atoms with van der Waals surface area (Å²) in [5, 5.41) is 0. The van der Waals surface area contributed by atoms with E-state index in [0.717, 1.165) is 17.5 Å². The Hall–Kier alpha value is -3.22. The Bertz CT molecular complexity index is 887. The Kier molecular flexibility index (Phi) is 6.82. The summed E-state index contributed by atoms with van der Waals surface area (Å²) in [6, 6.07) is 13.1. The molecule has 30 heavy (non-hydrogen) atoms. The van der Waals surface area contributed by atoms with Crippen molar-refractivity contribution in [2.24, 2.45) is 0 Å². The summed E-state index contributed by atoms with van der Waals surface area (Å²) in [5.74, 6) is 1.06. The van der Waals surface area contributed by atoms with Gasteiger partial charge in [0.2, 0.25) is 6.41 Å². The maximum atomic E-state index is 12.7. The van der Waals surface area contributed by atoms with Crippen LogP contribution in [-0.2, 0) is 16.1 Å². The van der Waals surface area contributed by atoms with Gasteiger partial charge in [0.1, 0.15) is 0 Å². The highest BCUT2D eigenvalue weighted by Gasteiger charge is 2.38. The summed E-state index contributed by atoms with van der Waals surface area (Å²) >= 11 is 0. The fraction of sp³-hybridized carbons (Fsp3) is 0.391. The van der Waals surface area contributed by atoms with E-state index in [4.69, 9.17) is 14.2 Å². The average Bonchev–Trinajstić information content (AvgIpc) is 2.76. The Morgan fingerprint density at radius 1 is 1.17 bits per heavy atom. The van der Waals surface area contributed by atoms with Crippen LogP contribution in [0.5, 0.6) is 11.5 Å². The molecule has 2 aromatic carbocycles. The number of rotatable bonds is 7. The Labute approximate surface area is 177 Å². The first-order valence-electron chi connectivity index (χ1n) is 10.0. The number of amides is 2. The topological polar surface area (TPSA) is 68.3 Å². The van der Waals surface area contributed by atoms with Crippen molar-refractivity contribution in [2.75, 3.05) is 25.7 Å². The van der Waals surface area contributed by atoms with Gasteiger partial charge in [-0.15, -0.1) is 0 Å². The van der Waals surface area contributed by atoms with Crippen molar-refractivity contribution in [1.82, 2.24) is 4.90 Å². The number of hydrogen-bond acceptors (Lipinski definition) is 5. The van der Waals surface area contributed by atoms with E-state index >= 15 is 0 Å². The molecule has 2 atom stereocenters. The minimum atomic E-state index is -0.419. The number of benzene rings is 2. The van der Waals surface area contributed by atoms with Gasteiger partial charge in [0.15, 0.2) is 11.5 Å². The second kappa shape index (κ2) is 9.52. The fourth-order valence-corrected chi connectivity index (χ4v) is 3.95. The van der Waals surface area contributed by atoms with Crippen LogP contribution in [0.2, 0.25) is 0 Å². The molecular formula is C23H28N2O5. The molecule has 1 aliphatic rings. The summed E-state index contributed by atoms with van der Waals surface area (Å²) in [6.07, 6.45) is 1.02. The normalized spacial score (nSPS) is 17.7. The summed E-state index contributed by atoms with van der Waals surface area (Å²) in [5.41, 5.74) is 2.52. The highest BCUT2D eigenvalue weighted by molar-refractivity contribution is 5.91. The number of anilines is 1. The number of fused-ring (bicyclic) bond motifs is 1. The van der Waals surface area contributed by atoms with Gasteiger partial charge in [-0.05, 0) is 31.9 Å². The molecular weight excluding hydrogens is 384 g/mol. The first-order valence-corrected chi connectivity index (χ1v) is 10.0. The molecule has 0 radical (unpaired) electrons. The summed E-state index contributed by atoms with van der Waals surface area (Å²) in [7, 11) is 3.12. The van der Waals surface area contributed by atoms with Gasteiger partial charge in [-0.25, -0.2) is 4.79 Å². The first kappa shape index (κ1) is 21.5. The zero-order valence-corrected chi connectivity index (χ0v) is 17.8. The number of ether oxygens (including phenoxy) is 3. The molecule has 0 saturated carbocycles. The van der Waals surface area contributed by atoms with Crippen molar-refractivity contribution in [2.45, 2.75) is 38.9 Å². The van der Waals surface area contributed by atoms with Crippen LogP contribution in [0.15, 0.2) is 42.5 Å². The fourth-order valence-electron chi connectivity index (χ4n) is 3.95. The average molecular weight is 412 g/mol. The number of carbonyl (C=O) groups is 2. The molecule has 0 saturated heterocycles. The summed E-state index contributed by atoms with van der Waals surface area (Å²) in [4.78, 5) is 28.2. The third kappa shape index (κ3) is 4.20. The molecule has 1 heterocycles. The second-order valence-corrected chi connectivity index (χ2v) is 7.20. The molecule has 0 fully saturated rings. The number of hydrogen-bond donors (Lipinski definition) is 0. The van der Waals surface area contributed by atoms with Crippen LogP contribution in [0, 0.1) is 0 Å². The highest BCUT2D eigenvalue weighted by atomic mass is 16.6.